The van der Waals surface area contributed by atoms with Crippen LogP contribution in [-0.4, -0.2) is 37.3 Å². The lowest BCUT2D eigenvalue weighted by molar-refractivity contribution is -0.502. The quantitative estimate of drug-likeness (QED) is 0.565. The zero-order chi connectivity index (χ0) is 13.9. The van der Waals surface area contributed by atoms with Crippen LogP contribution in [0, 0.1) is 0 Å². The molecule has 104 valence electrons. The minimum atomic E-state index is -6.30. The van der Waals surface area contributed by atoms with Crippen molar-refractivity contribution in [2.24, 2.45) is 0 Å². The summed E-state index contributed by atoms with van der Waals surface area (Å²) in [5.74, 6) is 0. The number of alkyl halides is 7. The summed E-state index contributed by atoms with van der Waals surface area (Å²) in [7, 11) is 0. The van der Waals surface area contributed by atoms with Crippen molar-refractivity contribution in [3.8, 4) is 0 Å². The maximum atomic E-state index is 13.0. The Morgan fingerprint density at radius 1 is 1.00 bits per heavy atom. The van der Waals surface area contributed by atoms with Gasteiger partial charge in [-0.05, 0) is 13.3 Å². The molecule has 0 aromatic rings. The van der Waals surface area contributed by atoms with Gasteiger partial charge >= 0.3 is 12.4 Å². The Morgan fingerprint density at radius 3 is 1.71 bits per heavy atom. The molecular formula is C8H10F7O2-. The van der Waals surface area contributed by atoms with Crippen molar-refractivity contribution in [1.82, 2.24) is 0 Å². The Hall–Kier alpha value is -0.570. The van der Waals surface area contributed by atoms with E-state index in [4.69, 9.17) is 0 Å². The Bertz CT molecular complexity index is 221. The highest BCUT2D eigenvalue weighted by molar-refractivity contribution is 4.99. The van der Waals surface area contributed by atoms with E-state index in [0.717, 1.165) is 0 Å². The van der Waals surface area contributed by atoms with Crippen molar-refractivity contribution in [2.45, 2.75) is 37.5 Å². The van der Waals surface area contributed by atoms with Crippen molar-refractivity contribution >= 4 is 0 Å². The first-order valence-electron chi connectivity index (χ1n) is 4.54. The normalized spacial score (nSPS) is 16.1. The van der Waals surface area contributed by atoms with Gasteiger partial charge in [0.15, 0.2) is 0 Å². The minimum absolute atomic E-state index is 0.00401. The monoisotopic (exact) mass is 271 g/mol. The fourth-order valence-electron chi connectivity index (χ4n) is 1.06. The molecule has 0 rings (SSSR count). The van der Waals surface area contributed by atoms with Crippen molar-refractivity contribution in [1.29, 1.82) is 0 Å². The van der Waals surface area contributed by atoms with Gasteiger partial charge in [-0.3, -0.25) is 0 Å². The molecule has 0 aromatic heterocycles. The topological polar surface area (TPSA) is 32.3 Å². The van der Waals surface area contributed by atoms with Gasteiger partial charge in [0.2, 0.25) is 0 Å². The molecule has 17 heavy (non-hydrogen) atoms. The summed E-state index contributed by atoms with van der Waals surface area (Å²) in [4.78, 5) is 0. The molecule has 0 bridgehead atoms. The summed E-state index contributed by atoms with van der Waals surface area (Å²) in [5, 5.41) is 10.8. The van der Waals surface area contributed by atoms with E-state index >= 15 is 0 Å². The summed E-state index contributed by atoms with van der Waals surface area (Å²) < 4.78 is 89.6. The molecule has 0 aromatic carbocycles. The van der Waals surface area contributed by atoms with E-state index in [9.17, 15) is 35.8 Å². The maximum Gasteiger partial charge on any atom is 0.430 e. The molecule has 0 saturated carbocycles. The molecule has 2 nitrogen and oxygen atoms in total. The van der Waals surface area contributed by atoms with Crippen LogP contribution in [0.5, 0.6) is 0 Å². The maximum absolute atomic E-state index is 13.0. The lowest BCUT2D eigenvalue weighted by Crippen LogP contribution is -2.65. The average molecular weight is 271 g/mol. The third-order valence-corrected chi connectivity index (χ3v) is 2.00. The van der Waals surface area contributed by atoms with Crippen molar-refractivity contribution in [2.75, 3.05) is 13.2 Å². The Balaban J connectivity index is 4.95. The molecule has 0 saturated heterocycles. The number of hydrogen-bond acceptors (Lipinski definition) is 2. The molecule has 1 atom stereocenters. The minimum Gasteiger partial charge on any atom is -0.849 e. The van der Waals surface area contributed by atoms with Crippen molar-refractivity contribution < 1.29 is 40.6 Å². The van der Waals surface area contributed by atoms with Gasteiger partial charge in [0.1, 0.15) is 0 Å². The summed E-state index contributed by atoms with van der Waals surface area (Å²) in [5.41, 5.74) is -5.75. The van der Waals surface area contributed by atoms with E-state index < -0.39 is 37.2 Å². The fourth-order valence-corrected chi connectivity index (χ4v) is 1.06. The molecular weight excluding hydrogens is 261 g/mol. The van der Waals surface area contributed by atoms with Gasteiger partial charge in [0.05, 0.1) is 0 Å². The first-order valence-corrected chi connectivity index (χ1v) is 4.54. The lowest BCUT2D eigenvalue weighted by Gasteiger charge is -2.40. The third-order valence-electron chi connectivity index (χ3n) is 2.00. The zero-order valence-corrected chi connectivity index (χ0v) is 8.66. The molecule has 0 N–H and O–H groups in total. The Morgan fingerprint density at radius 2 is 1.41 bits per heavy atom. The van der Waals surface area contributed by atoms with Crippen LogP contribution in [0.4, 0.5) is 30.7 Å². The zero-order valence-electron chi connectivity index (χ0n) is 8.66. The van der Waals surface area contributed by atoms with Crippen LogP contribution in [-0.2, 0) is 4.74 Å². The Labute approximate surface area is 92.4 Å². The summed E-state index contributed by atoms with van der Waals surface area (Å²) in [6.45, 7) is 0.766. The van der Waals surface area contributed by atoms with Crippen LogP contribution in [0.3, 0.4) is 0 Å². The van der Waals surface area contributed by atoms with Crippen LogP contribution >= 0.6 is 0 Å². The molecule has 0 fully saturated rings. The fraction of sp³-hybridized carbons (Fsp3) is 1.00. The average Bonchev–Trinajstić information content (AvgIpc) is 2.13. The van der Waals surface area contributed by atoms with E-state index in [1.807, 2.05) is 0 Å². The SMILES string of the molecule is CCOCCC([O-])C(F)(C(F)(F)F)C(F)(F)F. The van der Waals surface area contributed by atoms with E-state index in [-0.39, 0.29) is 6.61 Å². The van der Waals surface area contributed by atoms with Gasteiger partial charge in [-0.15, -0.1) is 0 Å². The molecule has 0 aliphatic rings. The second-order valence-corrected chi connectivity index (χ2v) is 3.18. The standard InChI is InChI=1S/C8H10F7O2/c1-2-17-4-3-5(16)6(9,7(10,11)12)8(13,14)15/h5H,2-4H2,1H3/q-1. The highest BCUT2D eigenvalue weighted by Crippen LogP contribution is 2.48. The molecule has 1 unspecified atom stereocenters. The molecule has 0 aliphatic heterocycles. The van der Waals surface area contributed by atoms with Crippen molar-refractivity contribution in [3.05, 3.63) is 0 Å². The second kappa shape index (κ2) is 5.38. The van der Waals surface area contributed by atoms with Crippen LogP contribution in [0.1, 0.15) is 13.3 Å². The summed E-state index contributed by atoms with van der Waals surface area (Å²) in [6.07, 6.45) is -17.3. The van der Waals surface area contributed by atoms with Gasteiger partial charge in [-0.2, -0.15) is 26.3 Å². The molecule has 0 heterocycles. The van der Waals surface area contributed by atoms with Crippen LogP contribution < -0.4 is 5.11 Å². The number of hydrogen-bond donors (Lipinski definition) is 0. The third kappa shape index (κ3) is 3.44. The van der Waals surface area contributed by atoms with Crippen LogP contribution in [0.25, 0.3) is 0 Å². The van der Waals surface area contributed by atoms with Gasteiger partial charge in [0.25, 0.3) is 5.67 Å². The summed E-state index contributed by atoms with van der Waals surface area (Å²) >= 11 is 0. The number of ether oxygens (including phenoxy) is 1. The number of rotatable bonds is 5. The van der Waals surface area contributed by atoms with Crippen molar-refractivity contribution in [3.63, 3.8) is 0 Å². The first-order chi connectivity index (χ1) is 7.48. The molecule has 0 aliphatic carbocycles. The van der Waals surface area contributed by atoms with Gasteiger partial charge < -0.3 is 9.84 Å². The highest BCUT2D eigenvalue weighted by atomic mass is 19.4. The summed E-state index contributed by atoms with van der Waals surface area (Å²) in [6, 6.07) is 0. The van der Waals surface area contributed by atoms with Crippen LogP contribution in [0.2, 0.25) is 0 Å². The Kier molecular flexibility index (Phi) is 5.20. The van der Waals surface area contributed by atoms with Gasteiger partial charge in [-0.25, -0.2) is 4.39 Å². The van der Waals surface area contributed by atoms with E-state index in [1.54, 1.807) is 0 Å². The predicted octanol–water partition coefficient (Wildman–Crippen LogP) is 1.97. The van der Waals surface area contributed by atoms with E-state index in [1.165, 1.54) is 6.92 Å². The second-order valence-electron chi connectivity index (χ2n) is 3.18. The lowest BCUT2D eigenvalue weighted by atomic mass is 9.95. The molecule has 0 spiro atoms. The van der Waals surface area contributed by atoms with Gasteiger partial charge in [-0.1, -0.05) is 6.10 Å². The van der Waals surface area contributed by atoms with Crippen LogP contribution in [0.15, 0.2) is 0 Å². The largest absolute Gasteiger partial charge is 0.849 e. The molecule has 0 amide bonds. The number of halogens is 7. The molecule has 9 heteroatoms. The van der Waals surface area contributed by atoms with Gasteiger partial charge in [0, 0.05) is 13.2 Å². The smallest absolute Gasteiger partial charge is 0.430 e. The predicted molar refractivity (Wildman–Crippen MR) is 40.8 cm³/mol. The first kappa shape index (κ1) is 16.4. The highest BCUT2D eigenvalue weighted by Gasteiger charge is 2.72. The van der Waals surface area contributed by atoms with E-state index in [2.05, 4.69) is 4.74 Å². The molecule has 0 radical (unpaired) electrons. The van der Waals surface area contributed by atoms with E-state index in [0.29, 0.717) is 0 Å².